The van der Waals surface area contributed by atoms with E-state index in [9.17, 15) is 26.0 Å². The molecule has 0 aliphatic carbocycles. The molecule has 4 aromatic rings. The predicted molar refractivity (Wildman–Crippen MR) is 116 cm³/mol. The zero-order chi connectivity index (χ0) is 22.4. The third-order valence-corrected chi connectivity index (χ3v) is 9.28. The van der Waals surface area contributed by atoms with Crippen molar-refractivity contribution in [3.05, 3.63) is 82.5 Å². The first-order valence-corrected chi connectivity index (χ1v) is 12.1. The molecule has 2 aromatic heterocycles. The van der Waals surface area contributed by atoms with Crippen LogP contribution in [0, 0.1) is 12.7 Å². The molecule has 0 bridgehead atoms. The molecule has 0 saturated heterocycles. The number of rotatable bonds is 5. The van der Waals surface area contributed by atoms with Crippen molar-refractivity contribution in [3.63, 3.8) is 0 Å². The van der Waals surface area contributed by atoms with Crippen molar-refractivity contribution in [1.82, 2.24) is 0 Å². The summed E-state index contributed by atoms with van der Waals surface area (Å²) in [5, 5.41) is 2.95. The highest BCUT2D eigenvalue weighted by Gasteiger charge is 2.35. The predicted octanol–water partition coefficient (Wildman–Crippen LogP) is 6.82. The van der Waals surface area contributed by atoms with Crippen LogP contribution in [0.1, 0.15) is 16.7 Å². The summed E-state index contributed by atoms with van der Waals surface area (Å²) < 4.78 is 81.8. The van der Waals surface area contributed by atoms with Crippen molar-refractivity contribution in [3.8, 4) is 0 Å². The number of nitrogens with zero attached hydrogens (tertiary/aromatic N) is 1. The molecule has 0 saturated carbocycles. The van der Waals surface area contributed by atoms with Crippen LogP contribution in [-0.4, -0.2) is 8.42 Å². The minimum Gasteiger partial charge on any atom is -0.252 e. The lowest BCUT2D eigenvalue weighted by Gasteiger charge is -2.23. The second kappa shape index (κ2) is 7.92. The molecule has 0 aliphatic heterocycles. The van der Waals surface area contributed by atoms with Gasteiger partial charge in [-0.1, -0.05) is 30.3 Å². The number of anilines is 1. The monoisotopic (exact) mass is 485 g/mol. The van der Waals surface area contributed by atoms with Gasteiger partial charge in [0.15, 0.2) is 0 Å². The molecule has 0 aliphatic rings. The average molecular weight is 486 g/mol. The third kappa shape index (κ3) is 4.07. The van der Waals surface area contributed by atoms with E-state index >= 15 is 0 Å². The smallest absolute Gasteiger partial charge is 0.252 e. The standard InChI is InChI=1S/C21H15F4NO2S3/c1-13-15-5-2-3-6-18(15)30-20(13)26(31(27,28)19-7-4-10-29-19)12-14-8-9-16(17(22)11-14)21(23,24)25/h2-11H,12H2,1H3. The number of thiophene rings is 2. The highest BCUT2D eigenvalue weighted by molar-refractivity contribution is 7.95. The Morgan fingerprint density at radius 3 is 2.39 bits per heavy atom. The summed E-state index contributed by atoms with van der Waals surface area (Å²) in [6, 6.07) is 13.0. The molecule has 0 N–H and O–H groups in total. The first-order valence-electron chi connectivity index (χ1n) is 8.99. The lowest BCUT2D eigenvalue weighted by Crippen LogP contribution is -2.30. The number of hydrogen-bond acceptors (Lipinski definition) is 4. The summed E-state index contributed by atoms with van der Waals surface area (Å²) in [4.78, 5) is 0. The topological polar surface area (TPSA) is 37.4 Å². The van der Waals surface area contributed by atoms with Crippen LogP contribution in [0.2, 0.25) is 0 Å². The van der Waals surface area contributed by atoms with Gasteiger partial charge < -0.3 is 0 Å². The van der Waals surface area contributed by atoms with E-state index in [4.69, 9.17) is 0 Å². The Morgan fingerprint density at radius 2 is 1.77 bits per heavy atom. The SMILES string of the molecule is Cc1c(N(Cc2ccc(C(F)(F)F)c(F)c2)S(=O)(=O)c2cccs2)sc2ccccc12. The largest absolute Gasteiger partial charge is 0.419 e. The maximum atomic E-state index is 14.1. The Bertz CT molecular complexity index is 1340. The van der Waals surface area contributed by atoms with E-state index in [1.165, 1.54) is 17.4 Å². The van der Waals surface area contributed by atoms with E-state index in [1.807, 2.05) is 24.3 Å². The van der Waals surface area contributed by atoms with Crippen LogP contribution in [0.5, 0.6) is 0 Å². The molecule has 4 rings (SSSR count). The lowest BCUT2D eigenvalue weighted by molar-refractivity contribution is -0.140. The van der Waals surface area contributed by atoms with Crippen molar-refractivity contribution in [1.29, 1.82) is 0 Å². The lowest BCUT2D eigenvalue weighted by atomic mass is 10.1. The van der Waals surface area contributed by atoms with Crippen molar-refractivity contribution < 1.29 is 26.0 Å². The van der Waals surface area contributed by atoms with Crippen LogP contribution in [0.3, 0.4) is 0 Å². The maximum Gasteiger partial charge on any atom is 0.419 e. The minimum atomic E-state index is -4.83. The van der Waals surface area contributed by atoms with Crippen LogP contribution >= 0.6 is 22.7 Å². The molecule has 0 unspecified atom stereocenters. The Morgan fingerprint density at radius 1 is 1.03 bits per heavy atom. The number of hydrogen-bond donors (Lipinski definition) is 0. The van der Waals surface area contributed by atoms with E-state index in [0.717, 1.165) is 43.4 Å². The normalized spacial score (nSPS) is 12.4. The average Bonchev–Trinajstić information content (AvgIpc) is 3.35. The Balaban J connectivity index is 1.84. The molecule has 10 heteroatoms. The Hall–Kier alpha value is -2.43. The second-order valence-corrected chi connectivity index (χ2v) is 10.9. The van der Waals surface area contributed by atoms with E-state index in [-0.39, 0.29) is 16.3 Å². The van der Waals surface area contributed by atoms with E-state index in [0.29, 0.717) is 11.1 Å². The molecule has 0 amide bonds. The number of benzene rings is 2. The van der Waals surface area contributed by atoms with E-state index in [2.05, 4.69) is 0 Å². The molecular formula is C21H15F4NO2S3. The van der Waals surface area contributed by atoms with Gasteiger partial charge in [-0.3, -0.25) is 4.31 Å². The van der Waals surface area contributed by atoms with Crippen LogP contribution in [0.15, 0.2) is 64.2 Å². The second-order valence-electron chi connectivity index (χ2n) is 6.78. The molecule has 0 radical (unpaired) electrons. The van der Waals surface area contributed by atoms with Gasteiger partial charge in [0.25, 0.3) is 10.0 Å². The Kier molecular flexibility index (Phi) is 5.57. The fraction of sp³-hybridized carbons (Fsp3) is 0.143. The molecule has 31 heavy (non-hydrogen) atoms. The van der Waals surface area contributed by atoms with Gasteiger partial charge >= 0.3 is 6.18 Å². The zero-order valence-corrected chi connectivity index (χ0v) is 18.4. The van der Waals surface area contributed by atoms with Gasteiger partial charge in [0.05, 0.1) is 12.1 Å². The number of sulfonamides is 1. The molecule has 3 nitrogen and oxygen atoms in total. The first kappa shape index (κ1) is 21.8. The minimum absolute atomic E-state index is 0.0942. The van der Waals surface area contributed by atoms with Gasteiger partial charge in [-0.05, 0) is 53.1 Å². The summed E-state index contributed by atoms with van der Waals surface area (Å²) in [5.41, 5.74) is -0.544. The maximum absolute atomic E-state index is 14.1. The summed E-state index contributed by atoms with van der Waals surface area (Å²) in [7, 11) is -4.01. The van der Waals surface area contributed by atoms with Gasteiger partial charge in [-0.15, -0.1) is 22.7 Å². The van der Waals surface area contributed by atoms with Gasteiger partial charge in [-0.25, -0.2) is 12.8 Å². The molecule has 0 fully saturated rings. The molecule has 162 valence electrons. The summed E-state index contributed by atoms with van der Waals surface area (Å²) >= 11 is 2.30. The highest BCUT2D eigenvalue weighted by Crippen LogP contribution is 2.41. The van der Waals surface area contributed by atoms with E-state index < -0.39 is 27.6 Å². The summed E-state index contributed by atoms with van der Waals surface area (Å²) in [6.07, 6.45) is -4.83. The number of halogens is 4. The highest BCUT2D eigenvalue weighted by atomic mass is 32.2. The van der Waals surface area contributed by atoms with Gasteiger partial charge in [-0.2, -0.15) is 13.2 Å². The number of fused-ring (bicyclic) bond motifs is 1. The van der Waals surface area contributed by atoms with Crippen LogP contribution in [-0.2, 0) is 22.7 Å². The van der Waals surface area contributed by atoms with Gasteiger partial charge in [0.2, 0.25) is 0 Å². The van der Waals surface area contributed by atoms with Gasteiger partial charge in [0.1, 0.15) is 15.0 Å². The molecule has 0 atom stereocenters. The Labute approximate surface area is 184 Å². The summed E-state index contributed by atoms with van der Waals surface area (Å²) in [6.45, 7) is 1.49. The molecule has 2 aromatic carbocycles. The number of alkyl halides is 3. The van der Waals surface area contributed by atoms with Crippen LogP contribution in [0.25, 0.3) is 10.1 Å². The molecule has 0 spiro atoms. The fourth-order valence-corrected chi connectivity index (χ4v) is 7.27. The van der Waals surface area contributed by atoms with Gasteiger partial charge in [0, 0.05) is 4.70 Å². The van der Waals surface area contributed by atoms with Crippen molar-refractivity contribution in [2.75, 3.05) is 4.31 Å². The quantitative estimate of drug-likeness (QED) is 0.291. The fourth-order valence-electron chi connectivity index (χ4n) is 3.24. The molecule has 2 heterocycles. The zero-order valence-electron chi connectivity index (χ0n) is 16.0. The van der Waals surface area contributed by atoms with Crippen LogP contribution < -0.4 is 4.31 Å². The third-order valence-electron chi connectivity index (χ3n) is 4.75. The summed E-state index contributed by atoms with van der Waals surface area (Å²) in [5.74, 6) is -1.44. The van der Waals surface area contributed by atoms with Crippen molar-refractivity contribution in [2.45, 2.75) is 23.9 Å². The number of aryl methyl sites for hydroxylation is 1. The first-order chi connectivity index (χ1) is 14.6. The van der Waals surface area contributed by atoms with E-state index in [1.54, 1.807) is 18.4 Å². The molecular weight excluding hydrogens is 470 g/mol. The van der Waals surface area contributed by atoms with Crippen molar-refractivity contribution >= 4 is 47.8 Å². The van der Waals surface area contributed by atoms with Crippen molar-refractivity contribution in [2.24, 2.45) is 0 Å². The van der Waals surface area contributed by atoms with Crippen LogP contribution in [0.4, 0.5) is 22.6 Å².